The Morgan fingerprint density at radius 3 is 2.68 bits per heavy atom. The predicted molar refractivity (Wildman–Crippen MR) is 80.9 cm³/mol. The van der Waals surface area contributed by atoms with Gasteiger partial charge in [-0.05, 0) is 52.9 Å². The second-order valence-electron chi connectivity index (χ2n) is 5.15. The van der Waals surface area contributed by atoms with Crippen molar-refractivity contribution in [2.75, 3.05) is 6.54 Å². The second kappa shape index (κ2) is 5.72. The molecule has 1 aliphatic heterocycles. The van der Waals surface area contributed by atoms with Crippen molar-refractivity contribution in [1.82, 2.24) is 4.31 Å². The van der Waals surface area contributed by atoms with Crippen LogP contribution in [-0.2, 0) is 10.0 Å². The molecule has 19 heavy (non-hydrogen) atoms. The fourth-order valence-electron chi connectivity index (χ4n) is 2.50. The van der Waals surface area contributed by atoms with Crippen molar-refractivity contribution >= 4 is 37.6 Å². The van der Waals surface area contributed by atoms with Gasteiger partial charge in [0, 0.05) is 17.1 Å². The molecule has 0 amide bonds. The van der Waals surface area contributed by atoms with Crippen molar-refractivity contribution in [3.8, 4) is 0 Å². The van der Waals surface area contributed by atoms with E-state index in [1.54, 1.807) is 22.5 Å². The first kappa shape index (κ1) is 15.3. The van der Waals surface area contributed by atoms with E-state index in [0.717, 1.165) is 12.8 Å². The summed E-state index contributed by atoms with van der Waals surface area (Å²) in [5, 5.41) is 0.515. The molecular formula is C13H17BrClNO2S. The van der Waals surface area contributed by atoms with Gasteiger partial charge < -0.3 is 0 Å². The fourth-order valence-corrected chi connectivity index (χ4v) is 5.00. The molecule has 0 spiro atoms. The van der Waals surface area contributed by atoms with Gasteiger partial charge in [0.2, 0.25) is 10.0 Å². The van der Waals surface area contributed by atoms with Crippen LogP contribution in [0.1, 0.15) is 26.7 Å². The molecule has 1 unspecified atom stereocenters. The summed E-state index contributed by atoms with van der Waals surface area (Å²) in [5.74, 6) is 0.327. The minimum Gasteiger partial charge on any atom is -0.207 e. The summed E-state index contributed by atoms with van der Waals surface area (Å²) in [6.07, 6.45) is 1.86. The van der Waals surface area contributed by atoms with E-state index >= 15 is 0 Å². The minimum absolute atomic E-state index is 0.0967. The molecule has 1 aromatic rings. The van der Waals surface area contributed by atoms with Crippen LogP contribution in [0.4, 0.5) is 0 Å². The largest absolute Gasteiger partial charge is 0.243 e. The first-order chi connectivity index (χ1) is 8.84. The molecular weight excluding hydrogens is 350 g/mol. The maximum Gasteiger partial charge on any atom is 0.243 e. The van der Waals surface area contributed by atoms with Crippen LogP contribution < -0.4 is 0 Å². The average molecular weight is 367 g/mol. The Balaban J connectivity index is 2.39. The normalized spacial score (nSPS) is 21.2. The summed E-state index contributed by atoms with van der Waals surface area (Å²) < 4.78 is 27.6. The molecule has 1 heterocycles. The molecule has 6 heteroatoms. The highest BCUT2D eigenvalue weighted by Gasteiger charge is 2.36. The van der Waals surface area contributed by atoms with Crippen molar-refractivity contribution in [3.63, 3.8) is 0 Å². The Bertz CT molecular complexity index is 574. The molecule has 1 aliphatic rings. The maximum atomic E-state index is 12.7. The van der Waals surface area contributed by atoms with Crippen molar-refractivity contribution < 1.29 is 8.42 Å². The van der Waals surface area contributed by atoms with Crippen LogP contribution in [0.25, 0.3) is 0 Å². The zero-order chi connectivity index (χ0) is 14.2. The van der Waals surface area contributed by atoms with Crippen LogP contribution in [0.3, 0.4) is 0 Å². The lowest BCUT2D eigenvalue weighted by Crippen LogP contribution is -2.38. The summed E-state index contributed by atoms with van der Waals surface area (Å²) in [7, 11) is -3.43. The lowest BCUT2D eigenvalue weighted by atomic mass is 10.0. The van der Waals surface area contributed by atoms with E-state index in [0.29, 0.717) is 26.9 Å². The number of benzene rings is 1. The van der Waals surface area contributed by atoms with Gasteiger partial charge in [-0.2, -0.15) is 4.31 Å². The van der Waals surface area contributed by atoms with Crippen LogP contribution in [0.5, 0.6) is 0 Å². The Morgan fingerprint density at radius 2 is 2.11 bits per heavy atom. The third-order valence-corrected chi connectivity index (χ3v) is 6.65. The Labute approximate surface area is 128 Å². The molecule has 1 aromatic carbocycles. The third-order valence-electron chi connectivity index (χ3n) is 3.52. The van der Waals surface area contributed by atoms with Crippen molar-refractivity contribution in [3.05, 3.63) is 27.7 Å². The number of nitrogens with zero attached hydrogens (tertiary/aromatic N) is 1. The maximum absolute atomic E-state index is 12.7. The van der Waals surface area contributed by atoms with E-state index in [2.05, 4.69) is 29.8 Å². The highest BCUT2D eigenvalue weighted by Crippen LogP contribution is 2.32. The lowest BCUT2D eigenvalue weighted by Gasteiger charge is -2.27. The zero-order valence-electron chi connectivity index (χ0n) is 10.9. The molecule has 106 valence electrons. The summed E-state index contributed by atoms with van der Waals surface area (Å²) in [6.45, 7) is 4.73. The number of hydrogen-bond donors (Lipinski definition) is 0. The third kappa shape index (κ3) is 2.99. The summed E-state index contributed by atoms with van der Waals surface area (Å²) in [4.78, 5) is 0.302. The van der Waals surface area contributed by atoms with Gasteiger partial charge in [0.15, 0.2) is 0 Å². The molecule has 1 atom stereocenters. The van der Waals surface area contributed by atoms with Gasteiger partial charge in [-0.1, -0.05) is 25.4 Å². The van der Waals surface area contributed by atoms with Crippen molar-refractivity contribution in [2.24, 2.45) is 5.92 Å². The fraction of sp³-hybridized carbons (Fsp3) is 0.538. The predicted octanol–water partition coefficient (Wildman–Crippen LogP) is 3.91. The summed E-state index contributed by atoms with van der Waals surface area (Å²) >= 11 is 9.19. The molecule has 2 rings (SSSR count). The first-order valence-corrected chi connectivity index (χ1v) is 8.92. The SMILES string of the molecule is CC(C)C1CCCN1S(=O)(=O)c1ccc(Cl)c(Br)c1. The molecule has 0 bridgehead atoms. The minimum atomic E-state index is -3.43. The number of rotatable bonds is 3. The summed E-state index contributed by atoms with van der Waals surface area (Å²) in [6, 6.07) is 4.85. The lowest BCUT2D eigenvalue weighted by molar-refractivity contribution is 0.316. The van der Waals surface area contributed by atoms with Gasteiger partial charge in [0.25, 0.3) is 0 Å². The first-order valence-electron chi connectivity index (χ1n) is 6.31. The molecule has 1 fully saturated rings. The van der Waals surface area contributed by atoms with Crippen molar-refractivity contribution in [2.45, 2.75) is 37.6 Å². The van der Waals surface area contributed by atoms with Crippen LogP contribution in [-0.4, -0.2) is 25.3 Å². The van der Waals surface area contributed by atoms with Gasteiger partial charge in [-0.15, -0.1) is 0 Å². The average Bonchev–Trinajstić information content (AvgIpc) is 2.82. The molecule has 0 saturated carbocycles. The highest BCUT2D eigenvalue weighted by molar-refractivity contribution is 9.10. The standard InChI is InChI=1S/C13H17BrClNO2S/c1-9(2)13-4-3-7-16(13)19(17,18)10-5-6-12(15)11(14)8-10/h5-6,8-9,13H,3-4,7H2,1-2H3. The number of sulfonamides is 1. The van der Waals surface area contributed by atoms with Crippen LogP contribution in [0.2, 0.25) is 5.02 Å². The quantitative estimate of drug-likeness (QED) is 0.813. The Kier molecular flexibility index (Phi) is 4.60. The van der Waals surface area contributed by atoms with E-state index in [4.69, 9.17) is 11.6 Å². The molecule has 0 aliphatic carbocycles. The number of halogens is 2. The van der Waals surface area contributed by atoms with Crippen LogP contribution in [0, 0.1) is 5.92 Å². The van der Waals surface area contributed by atoms with Gasteiger partial charge in [0.05, 0.1) is 9.92 Å². The topological polar surface area (TPSA) is 37.4 Å². The van der Waals surface area contributed by atoms with E-state index in [1.165, 1.54) is 0 Å². The van der Waals surface area contributed by atoms with Crippen LogP contribution in [0.15, 0.2) is 27.6 Å². The second-order valence-corrected chi connectivity index (χ2v) is 8.30. The Hall–Kier alpha value is -0.100. The molecule has 0 N–H and O–H groups in total. The van der Waals surface area contributed by atoms with Gasteiger partial charge in [0.1, 0.15) is 0 Å². The molecule has 3 nitrogen and oxygen atoms in total. The van der Waals surface area contributed by atoms with E-state index < -0.39 is 10.0 Å². The van der Waals surface area contributed by atoms with Gasteiger partial charge >= 0.3 is 0 Å². The van der Waals surface area contributed by atoms with Crippen molar-refractivity contribution in [1.29, 1.82) is 0 Å². The van der Waals surface area contributed by atoms with Gasteiger partial charge in [-0.25, -0.2) is 8.42 Å². The smallest absolute Gasteiger partial charge is 0.207 e. The van der Waals surface area contributed by atoms with Gasteiger partial charge in [-0.3, -0.25) is 0 Å². The molecule has 1 saturated heterocycles. The molecule has 0 aromatic heterocycles. The van der Waals surface area contributed by atoms with Crippen LogP contribution >= 0.6 is 27.5 Å². The Morgan fingerprint density at radius 1 is 1.42 bits per heavy atom. The van der Waals surface area contributed by atoms with E-state index in [-0.39, 0.29) is 6.04 Å². The molecule has 0 radical (unpaired) electrons. The summed E-state index contributed by atoms with van der Waals surface area (Å²) in [5.41, 5.74) is 0. The monoisotopic (exact) mass is 365 g/mol. The zero-order valence-corrected chi connectivity index (χ0v) is 14.1. The highest BCUT2D eigenvalue weighted by atomic mass is 79.9. The van der Waals surface area contributed by atoms with E-state index in [9.17, 15) is 8.42 Å². The number of hydrogen-bond acceptors (Lipinski definition) is 2. The van der Waals surface area contributed by atoms with E-state index in [1.807, 2.05) is 0 Å².